The van der Waals surface area contributed by atoms with Crippen molar-refractivity contribution in [2.45, 2.75) is 44.6 Å². The molecule has 7 nitrogen and oxygen atoms in total. The summed E-state index contributed by atoms with van der Waals surface area (Å²) in [4.78, 5) is 36.8. The van der Waals surface area contributed by atoms with Crippen LogP contribution in [0.2, 0.25) is 0 Å². The minimum Gasteiger partial charge on any atom is -0.368 e. The highest BCUT2D eigenvalue weighted by Crippen LogP contribution is 2.27. The normalized spacial score (nSPS) is 21.7. The summed E-state index contributed by atoms with van der Waals surface area (Å²) >= 11 is 0. The quantitative estimate of drug-likeness (QED) is 0.867. The van der Waals surface area contributed by atoms with Crippen molar-refractivity contribution in [1.29, 1.82) is 0 Å². The average Bonchev–Trinajstić information content (AvgIpc) is 3.14. The molecule has 1 aromatic heterocycles. The van der Waals surface area contributed by atoms with Gasteiger partial charge in [0.15, 0.2) is 0 Å². The molecule has 24 heavy (non-hydrogen) atoms. The molecule has 7 heteroatoms. The Hall–Kier alpha value is -2.18. The molecule has 0 unspecified atom stereocenters. The number of hydrogen-bond acceptors (Lipinski definition) is 5. The predicted octanol–water partition coefficient (Wildman–Crippen LogP) is 0.949. The number of piperidine rings is 1. The van der Waals surface area contributed by atoms with E-state index in [4.69, 9.17) is 5.73 Å². The zero-order valence-electron chi connectivity index (χ0n) is 13.9. The minimum absolute atomic E-state index is 0.0296. The van der Waals surface area contributed by atoms with Crippen LogP contribution >= 0.6 is 0 Å². The summed E-state index contributed by atoms with van der Waals surface area (Å²) < 4.78 is 0. The third kappa shape index (κ3) is 3.83. The average molecular weight is 331 g/mol. The third-order valence-electron chi connectivity index (χ3n) is 4.98. The van der Waals surface area contributed by atoms with Gasteiger partial charge in [-0.2, -0.15) is 0 Å². The third-order valence-corrected chi connectivity index (χ3v) is 4.98. The maximum Gasteiger partial charge on any atom is 0.237 e. The first-order valence-electron chi connectivity index (χ1n) is 8.76. The van der Waals surface area contributed by atoms with E-state index in [1.807, 2.05) is 0 Å². The van der Waals surface area contributed by atoms with Gasteiger partial charge in [-0.3, -0.25) is 9.59 Å². The van der Waals surface area contributed by atoms with E-state index in [9.17, 15) is 9.59 Å². The second-order valence-corrected chi connectivity index (χ2v) is 6.70. The Morgan fingerprint density at radius 2 is 1.88 bits per heavy atom. The fraction of sp³-hybridized carbons (Fsp3) is 0.647. The first-order chi connectivity index (χ1) is 11.6. The molecule has 2 amide bonds. The van der Waals surface area contributed by atoms with Gasteiger partial charge in [-0.15, -0.1) is 0 Å². The van der Waals surface area contributed by atoms with Gasteiger partial charge in [-0.05, 0) is 31.7 Å². The smallest absolute Gasteiger partial charge is 0.237 e. The molecule has 2 N–H and O–H groups in total. The number of anilines is 1. The van der Waals surface area contributed by atoms with Crippen molar-refractivity contribution in [3.63, 3.8) is 0 Å². The largest absolute Gasteiger partial charge is 0.368 e. The Bertz CT molecular complexity index is 574. The van der Waals surface area contributed by atoms with Crippen LogP contribution in [-0.2, 0) is 9.59 Å². The topological polar surface area (TPSA) is 92.4 Å². The Labute approximate surface area is 142 Å². The Balaban J connectivity index is 1.70. The van der Waals surface area contributed by atoms with Gasteiger partial charge in [-0.25, -0.2) is 9.97 Å². The molecule has 0 spiro atoms. The van der Waals surface area contributed by atoms with Gasteiger partial charge in [-0.1, -0.05) is 12.8 Å². The molecule has 1 atom stereocenters. The molecule has 2 aliphatic rings. The van der Waals surface area contributed by atoms with Crippen molar-refractivity contribution in [3.05, 3.63) is 18.5 Å². The van der Waals surface area contributed by atoms with Crippen LogP contribution in [0.5, 0.6) is 0 Å². The summed E-state index contributed by atoms with van der Waals surface area (Å²) in [5.41, 5.74) is 5.38. The van der Waals surface area contributed by atoms with Crippen LogP contribution in [0.15, 0.2) is 18.5 Å². The van der Waals surface area contributed by atoms with Crippen molar-refractivity contribution in [2.75, 3.05) is 24.5 Å². The van der Waals surface area contributed by atoms with Gasteiger partial charge >= 0.3 is 0 Å². The summed E-state index contributed by atoms with van der Waals surface area (Å²) in [6.07, 6.45) is 9.35. The van der Waals surface area contributed by atoms with Gasteiger partial charge in [0.2, 0.25) is 17.8 Å². The molecule has 2 heterocycles. The maximum absolute atomic E-state index is 13.0. The molecule has 1 saturated carbocycles. The number of hydrogen-bond donors (Lipinski definition) is 1. The van der Waals surface area contributed by atoms with E-state index in [0.29, 0.717) is 12.5 Å². The van der Waals surface area contributed by atoms with E-state index in [0.717, 1.165) is 45.1 Å². The van der Waals surface area contributed by atoms with E-state index in [-0.39, 0.29) is 24.4 Å². The molecule has 1 aliphatic heterocycles. The number of nitrogens with zero attached hydrogens (tertiary/aromatic N) is 4. The van der Waals surface area contributed by atoms with Gasteiger partial charge in [0.05, 0.1) is 12.5 Å². The molecule has 0 aromatic carbocycles. The van der Waals surface area contributed by atoms with Crippen LogP contribution < -0.4 is 10.6 Å². The number of nitrogens with two attached hydrogens (primary N) is 1. The number of carbonyl (C=O) groups excluding carboxylic acids is 2. The van der Waals surface area contributed by atoms with Gasteiger partial charge < -0.3 is 15.5 Å². The molecule has 130 valence electrons. The zero-order chi connectivity index (χ0) is 16.9. The van der Waals surface area contributed by atoms with E-state index in [2.05, 4.69) is 14.9 Å². The van der Waals surface area contributed by atoms with Crippen molar-refractivity contribution in [2.24, 2.45) is 11.7 Å². The summed E-state index contributed by atoms with van der Waals surface area (Å²) in [6.45, 7) is 1.49. The van der Waals surface area contributed by atoms with Gasteiger partial charge in [0.25, 0.3) is 0 Å². The maximum atomic E-state index is 13.0. The van der Waals surface area contributed by atoms with Crippen LogP contribution in [-0.4, -0.2) is 52.4 Å². The summed E-state index contributed by atoms with van der Waals surface area (Å²) in [5.74, 6) is 0.162. The van der Waals surface area contributed by atoms with Gasteiger partial charge in [0.1, 0.15) is 0 Å². The molecule has 1 saturated heterocycles. The highest BCUT2D eigenvalue weighted by Gasteiger charge is 2.34. The minimum atomic E-state index is -0.436. The van der Waals surface area contributed by atoms with E-state index >= 15 is 0 Å². The number of rotatable bonds is 5. The molecule has 1 aromatic rings. The summed E-state index contributed by atoms with van der Waals surface area (Å²) in [6, 6.07) is 1.94. The predicted molar refractivity (Wildman–Crippen MR) is 90.1 cm³/mol. The van der Waals surface area contributed by atoms with Crippen molar-refractivity contribution >= 4 is 17.8 Å². The van der Waals surface area contributed by atoms with Crippen LogP contribution in [0.25, 0.3) is 0 Å². The zero-order valence-corrected chi connectivity index (χ0v) is 13.9. The van der Waals surface area contributed by atoms with Crippen molar-refractivity contribution in [3.8, 4) is 0 Å². The molecule has 2 fully saturated rings. The van der Waals surface area contributed by atoms with E-state index in [1.165, 1.54) is 0 Å². The SMILES string of the molecule is NC(=O)CN(C(=O)[C@H]1CCCN(c2ncccn2)C1)C1CCCC1. The number of primary amides is 1. The summed E-state index contributed by atoms with van der Waals surface area (Å²) in [7, 11) is 0. The fourth-order valence-electron chi connectivity index (χ4n) is 3.82. The molecular formula is C17H25N5O2. The standard InChI is InChI=1S/C17H25N5O2/c18-15(23)12-22(14-6-1-2-7-14)16(24)13-5-3-10-21(11-13)17-19-8-4-9-20-17/h4,8-9,13-14H,1-3,5-7,10-12H2,(H2,18,23)/t13-/m0/s1. The van der Waals surface area contributed by atoms with Crippen molar-refractivity contribution in [1.82, 2.24) is 14.9 Å². The fourth-order valence-corrected chi connectivity index (χ4v) is 3.82. The lowest BCUT2D eigenvalue weighted by Gasteiger charge is -2.36. The van der Waals surface area contributed by atoms with Crippen LogP contribution in [0.1, 0.15) is 38.5 Å². The second-order valence-electron chi connectivity index (χ2n) is 6.70. The monoisotopic (exact) mass is 331 g/mol. The highest BCUT2D eigenvalue weighted by molar-refractivity contribution is 5.85. The van der Waals surface area contributed by atoms with Crippen molar-refractivity contribution < 1.29 is 9.59 Å². The molecule has 0 radical (unpaired) electrons. The number of amides is 2. The molecule has 3 rings (SSSR count). The summed E-state index contributed by atoms with van der Waals surface area (Å²) in [5, 5.41) is 0. The van der Waals surface area contributed by atoms with Crippen LogP contribution in [0, 0.1) is 5.92 Å². The number of carbonyl (C=O) groups is 2. The highest BCUT2D eigenvalue weighted by atomic mass is 16.2. The van der Waals surface area contributed by atoms with Crippen LogP contribution in [0.3, 0.4) is 0 Å². The molecule has 0 bridgehead atoms. The first-order valence-corrected chi connectivity index (χ1v) is 8.76. The lowest BCUT2D eigenvalue weighted by atomic mass is 9.95. The number of aromatic nitrogens is 2. The lowest BCUT2D eigenvalue weighted by molar-refractivity contribution is -0.141. The first kappa shape index (κ1) is 16.7. The molecule has 1 aliphatic carbocycles. The van der Waals surface area contributed by atoms with E-state index in [1.54, 1.807) is 23.4 Å². The van der Waals surface area contributed by atoms with Crippen LogP contribution in [0.4, 0.5) is 5.95 Å². The second kappa shape index (κ2) is 7.59. The molecular weight excluding hydrogens is 306 g/mol. The Morgan fingerprint density at radius 1 is 1.17 bits per heavy atom. The van der Waals surface area contributed by atoms with E-state index < -0.39 is 5.91 Å². The van der Waals surface area contributed by atoms with Gasteiger partial charge in [0, 0.05) is 31.5 Å². The lowest BCUT2D eigenvalue weighted by Crippen LogP contribution is -2.50. The Kier molecular flexibility index (Phi) is 5.27. The Morgan fingerprint density at radius 3 is 2.54 bits per heavy atom.